The number of rotatable bonds is 3. The third-order valence-electron chi connectivity index (χ3n) is 1.81. The van der Waals surface area contributed by atoms with Crippen LogP contribution in [0, 0.1) is 0 Å². The normalized spacial score (nSPS) is 11.7. The maximum atomic E-state index is 8.84. The zero-order valence-electron chi connectivity index (χ0n) is 8.10. The van der Waals surface area contributed by atoms with Crippen LogP contribution in [0.5, 0.6) is 0 Å². The third kappa shape index (κ3) is 3.40. The van der Waals surface area contributed by atoms with E-state index in [1.54, 1.807) is 7.05 Å². The molecule has 3 N–H and O–H groups in total. The smallest absolute Gasteiger partial charge is 0.153 e. The first-order valence-corrected chi connectivity index (χ1v) is 5.28. The Morgan fingerprint density at radius 1 is 1.36 bits per heavy atom. The van der Waals surface area contributed by atoms with E-state index in [1.165, 1.54) is 17.3 Å². The Bertz CT molecular complexity index is 308. The Labute approximate surface area is 88.0 Å². The minimum Gasteiger partial charge on any atom is -0.392 e. The summed E-state index contributed by atoms with van der Waals surface area (Å²) in [7, 11) is 1.68. The Morgan fingerprint density at radius 3 is 2.43 bits per heavy atom. The van der Waals surface area contributed by atoms with Gasteiger partial charge in [0.25, 0.3) is 0 Å². The van der Waals surface area contributed by atoms with Crippen molar-refractivity contribution in [1.29, 1.82) is 0 Å². The summed E-state index contributed by atoms with van der Waals surface area (Å²) in [6, 6.07) is 7.80. The van der Waals surface area contributed by atoms with Crippen LogP contribution in [-0.2, 0) is 12.4 Å². The van der Waals surface area contributed by atoms with Crippen molar-refractivity contribution >= 4 is 16.9 Å². The zero-order valence-corrected chi connectivity index (χ0v) is 8.92. The number of thioether (sulfide) groups is 1. The molecule has 1 aromatic rings. The molecular formula is C10H14N2OS. The van der Waals surface area contributed by atoms with Crippen molar-refractivity contribution in [2.45, 2.75) is 12.4 Å². The Hall–Kier alpha value is -1.00. The number of nitrogens with zero attached hydrogens (tertiary/aromatic N) is 1. The van der Waals surface area contributed by atoms with E-state index in [9.17, 15) is 0 Å². The fourth-order valence-corrected chi connectivity index (χ4v) is 1.60. The van der Waals surface area contributed by atoms with Gasteiger partial charge in [-0.1, -0.05) is 36.0 Å². The molecule has 0 spiro atoms. The topological polar surface area (TPSA) is 58.6 Å². The zero-order chi connectivity index (χ0) is 10.4. The van der Waals surface area contributed by atoms with Crippen LogP contribution in [0.2, 0.25) is 0 Å². The average Bonchev–Trinajstić information content (AvgIpc) is 2.26. The molecule has 0 bridgehead atoms. The number of hydrogen-bond acceptors (Lipinski definition) is 3. The maximum absolute atomic E-state index is 8.84. The molecule has 1 aromatic carbocycles. The van der Waals surface area contributed by atoms with Gasteiger partial charge in [-0.2, -0.15) is 0 Å². The van der Waals surface area contributed by atoms with E-state index in [4.69, 9.17) is 10.8 Å². The van der Waals surface area contributed by atoms with Crippen LogP contribution in [0.4, 0.5) is 0 Å². The van der Waals surface area contributed by atoms with Crippen molar-refractivity contribution in [3.05, 3.63) is 35.4 Å². The molecule has 76 valence electrons. The van der Waals surface area contributed by atoms with Gasteiger partial charge in [0.1, 0.15) is 0 Å². The first-order valence-electron chi connectivity index (χ1n) is 4.30. The van der Waals surface area contributed by atoms with E-state index in [0.717, 1.165) is 11.3 Å². The fourth-order valence-electron chi connectivity index (χ4n) is 0.963. The van der Waals surface area contributed by atoms with Crippen molar-refractivity contribution in [2.24, 2.45) is 10.7 Å². The van der Waals surface area contributed by atoms with Gasteiger partial charge in [0, 0.05) is 12.8 Å². The van der Waals surface area contributed by atoms with Gasteiger partial charge in [-0.3, -0.25) is 4.99 Å². The standard InChI is InChI=1S/C10H14N2OS/c1-12-10(11)14-7-9-4-2-8(6-13)3-5-9/h2-5,13H,6-7H2,1H3,(H2,11,12). The van der Waals surface area contributed by atoms with Gasteiger partial charge < -0.3 is 10.8 Å². The first kappa shape index (κ1) is 11.1. The highest BCUT2D eigenvalue weighted by molar-refractivity contribution is 8.13. The van der Waals surface area contributed by atoms with E-state index in [-0.39, 0.29) is 6.61 Å². The molecule has 0 aromatic heterocycles. The number of amidine groups is 1. The molecule has 3 nitrogen and oxygen atoms in total. The van der Waals surface area contributed by atoms with E-state index in [2.05, 4.69) is 4.99 Å². The Morgan fingerprint density at radius 2 is 1.93 bits per heavy atom. The highest BCUT2D eigenvalue weighted by Crippen LogP contribution is 2.12. The van der Waals surface area contributed by atoms with Crippen LogP contribution >= 0.6 is 11.8 Å². The van der Waals surface area contributed by atoms with Crippen molar-refractivity contribution < 1.29 is 5.11 Å². The lowest BCUT2D eigenvalue weighted by Crippen LogP contribution is -2.05. The minimum atomic E-state index is 0.0893. The summed E-state index contributed by atoms with van der Waals surface area (Å²) in [5, 5.41) is 9.43. The van der Waals surface area contributed by atoms with E-state index in [1.807, 2.05) is 24.3 Å². The fraction of sp³-hybridized carbons (Fsp3) is 0.300. The lowest BCUT2D eigenvalue weighted by molar-refractivity contribution is 0.282. The predicted octanol–water partition coefficient (Wildman–Crippen LogP) is 1.36. The van der Waals surface area contributed by atoms with Crippen LogP contribution in [0.3, 0.4) is 0 Å². The second-order valence-electron chi connectivity index (χ2n) is 2.83. The molecule has 0 fully saturated rings. The number of aliphatic hydroxyl groups is 1. The molecule has 0 aliphatic heterocycles. The number of nitrogens with two attached hydrogens (primary N) is 1. The molecule has 0 atom stereocenters. The molecule has 0 aliphatic rings. The molecule has 0 amide bonds. The van der Waals surface area contributed by atoms with Crippen LogP contribution < -0.4 is 5.73 Å². The molecule has 0 heterocycles. The van der Waals surface area contributed by atoms with Crippen molar-refractivity contribution in [2.75, 3.05) is 7.05 Å². The number of aliphatic imine (C=N–C) groups is 1. The largest absolute Gasteiger partial charge is 0.392 e. The minimum absolute atomic E-state index is 0.0893. The first-order chi connectivity index (χ1) is 6.76. The highest BCUT2D eigenvalue weighted by Gasteiger charge is 1.96. The van der Waals surface area contributed by atoms with Gasteiger partial charge in [-0.15, -0.1) is 0 Å². The second kappa shape index (κ2) is 5.67. The quantitative estimate of drug-likeness (QED) is 0.585. The van der Waals surface area contributed by atoms with Gasteiger partial charge in [0.05, 0.1) is 6.61 Å². The Balaban J connectivity index is 2.52. The van der Waals surface area contributed by atoms with Gasteiger partial charge >= 0.3 is 0 Å². The predicted molar refractivity (Wildman–Crippen MR) is 61.2 cm³/mol. The summed E-state index contributed by atoms with van der Waals surface area (Å²) in [4.78, 5) is 3.85. The van der Waals surface area contributed by atoms with Gasteiger partial charge in [0.15, 0.2) is 5.17 Å². The van der Waals surface area contributed by atoms with Crippen LogP contribution in [0.1, 0.15) is 11.1 Å². The lowest BCUT2D eigenvalue weighted by Gasteiger charge is -2.01. The molecule has 0 aliphatic carbocycles. The number of benzene rings is 1. The molecule has 0 saturated heterocycles. The molecular weight excluding hydrogens is 196 g/mol. The summed E-state index contributed by atoms with van der Waals surface area (Å²) >= 11 is 1.51. The summed E-state index contributed by atoms with van der Waals surface area (Å²) in [5.41, 5.74) is 7.66. The molecule has 1 rings (SSSR count). The van der Waals surface area contributed by atoms with Crippen LogP contribution in [-0.4, -0.2) is 17.3 Å². The molecule has 4 heteroatoms. The SMILES string of the molecule is CN=C(N)SCc1ccc(CO)cc1. The number of aliphatic hydroxyl groups excluding tert-OH is 1. The van der Waals surface area contributed by atoms with E-state index < -0.39 is 0 Å². The summed E-state index contributed by atoms with van der Waals surface area (Å²) < 4.78 is 0. The van der Waals surface area contributed by atoms with Crippen molar-refractivity contribution in [3.8, 4) is 0 Å². The Kier molecular flexibility index (Phi) is 4.49. The van der Waals surface area contributed by atoms with Crippen molar-refractivity contribution in [1.82, 2.24) is 0 Å². The maximum Gasteiger partial charge on any atom is 0.153 e. The summed E-state index contributed by atoms with van der Waals surface area (Å²) in [6.45, 7) is 0.0893. The summed E-state index contributed by atoms with van der Waals surface area (Å²) in [6.07, 6.45) is 0. The number of hydrogen-bond donors (Lipinski definition) is 2. The monoisotopic (exact) mass is 210 g/mol. The average molecular weight is 210 g/mol. The van der Waals surface area contributed by atoms with E-state index in [0.29, 0.717) is 5.17 Å². The van der Waals surface area contributed by atoms with Crippen molar-refractivity contribution in [3.63, 3.8) is 0 Å². The van der Waals surface area contributed by atoms with E-state index >= 15 is 0 Å². The lowest BCUT2D eigenvalue weighted by atomic mass is 10.2. The van der Waals surface area contributed by atoms with Gasteiger partial charge in [-0.25, -0.2) is 0 Å². The van der Waals surface area contributed by atoms with Gasteiger partial charge in [0.2, 0.25) is 0 Å². The van der Waals surface area contributed by atoms with Gasteiger partial charge in [-0.05, 0) is 11.1 Å². The molecule has 14 heavy (non-hydrogen) atoms. The highest BCUT2D eigenvalue weighted by atomic mass is 32.2. The third-order valence-corrected chi connectivity index (χ3v) is 2.77. The van der Waals surface area contributed by atoms with Crippen LogP contribution in [0.15, 0.2) is 29.3 Å². The molecule has 0 saturated carbocycles. The molecule has 0 unspecified atom stereocenters. The summed E-state index contributed by atoms with van der Waals surface area (Å²) in [5.74, 6) is 0.814. The second-order valence-corrected chi connectivity index (χ2v) is 3.82. The van der Waals surface area contributed by atoms with Crippen LogP contribution in [0.25, 0.3) is 0 Å². The molecule has 0 radical (unpaired) electrons.